The quantitative estimate of drug-likeness (QED) is 0.613. The molecule has 0 aliphatic heterocycles. The van der Waals surface area contributed by atoms with Gasteiger partial charge >= 0.3 is 0 Å². The van der Waals surface area contributed by atoms with Gasteiger partial charge in [0.1, 0.15) is 0 Å². The lowest BCUT2D eigenvalue weighted by atomic mass is 10.2. The van der Waals surface area contributed by atoms with Crippen molar-refractivity contribution in [3.8, 4) is 0 Å². The van der Waals surface area contributed by atoms with Crippen LogP contribution in [0.1, 0.15) is 20.3 Å². The predicted molar refractivity (Wildman–Crippen MR) is 47.4 cm³/mol. The SMILES string of the molecule is C=C(Cl)CN(C)C(C)CC. The summed E-state index contributed by atoms with van der Waals surface area (Å²) in [6.45, 7) is 8.77. The maximum absolute atomic E-state index is 5.64. The zero-order valence-electron chi connectivity index (χ0n) is 7.02. The van der Waals surface area contributed by atoms with Gasteiger partial charge in [0, 0.05) is 17.6 Å². The fourth-order valence-electron chi connectivity index (χ4n) is 0.738. The Morgan fingerprint density at radius 3 is 2.50 bits per heavy atom. The number of nitrogens with zero attached hydrogens (tertiary/aromatic N) is 1. The van der Waals surface area contributed by atoms with Gasteiger partial charge in [-0.15, -0.1) is 0 Å². The minimum atomic E-state index is 0.593. The molecular formula is C8H16ClN. The van der Waals surface area contributed by atoms with E-state index in [4.69, 9.17) is 11.6 Å². The van der Waals surface area contributed by atoms with Gasteiger partial charge in [-0.2, -0.15) is 0 Å². The molecule has 10 heavy (non-hydrogen) atoms. The van der Waals surface area contributed by atoms with Crippen molar-refractivity contribution in [3.05, 3.63) is 11.6 Å². The molecule has 0 aliphatic rings. The van der Waals surface area contributed by atoms with Gasteiger partial charge in [-0.3, -0.25) is 4.90 Å². The Bertz CT molecular complexity index is 112. The van der Waals surface area contributed by atoms with Gasteiger partial charge in [0.2, 0.25) is 0 Å². The van der Waals surface area contributed by atoms with Crippen molar-refractivity contribution in [3.63, 3.8) is 0 Å². The van der Waals surface area contributed by atoms with E-state index >= 15 is 0 Å². The van der Waals surface area contributed by atoms with Crippen LogP contribution >= 0.6 is 11.6 Å². The average Bonchev–Trinajstić information content (AvgIpc) is 1.85. The van der Waals surface area contributed by atoms with Gasteiger partial charge in [-0.05, 0) is 20.4 Å². The van der Waals surface area contributed by atoms with Crippen LogP contribution in [0.25, 0.3) is 0 Å². The molecule has 0 radical (unpaired) electrons. The molecule has 0 spiro atoms. The Kier molecular flexibility index (Phi) is 4.75. The zero-order valence-corrected chi connectivity index (χ0v) is 7.78. The van der Waals surface area contributed by atoms with Crippen molar-refractivity contribution in [2.24, 2.45) is 0 Å². The summed E-state index contributed by atoms with van der Waals surface area (Å²) in [5.41, 5.74) is 0. The fraction of sp³-hybridized carbons (Fsp3) is 0.750. The molecule has 1 atom stereocenters. The molecule has 0 saturated heterocycles. The molecule has 0 aliphatic carbocycles. The van der Waals surface area contributed by atoms with Crippen LogP contribution in [0, 0.1) is 0 Å². The van der Waals surface area contributed by atoms with Gasteiger partial charge < -0.3 is 0 Å². The monoisotopic (exact) mass is 161 g/mol. The van der Waals surface area contributed by atoms with E-state index in [0.717, 1.165) is 13.0 Å². The summed E-state index contributed by atoms with van der Waals surface area (Å²) < 4.78 is 0. The summed E-state index contributed by atoms with van der Waals surface area (Å²) >= 11 is 5.64. The Hall–Kier alpha value is -0.0100. The standard InChI is InChI=1S/C8H16ClN/c1-5-8(3)10(4)6-7(2)9/h8H,2,5-6H2,1,3-4H3. The predicted octanol–water partition coefficient (Wildman–Crippen LogP) is 2.47. The van der Waals surface area contributed by atoms with Gasteiger partial charge in [0.25, 0.3) is 0 Å². The molecule has 0 heterocycles. The van der Waals surface area contributed by atoms with Crippen LogP contribution in [0.15, 0.2) is 11.6 Å². The normalized spacial score (nSPS) is 13.7. The van der Waals surface area contributed by atoms with E-state index < -0.39 is 0 Å². The fourth-order valence-corrected chi connectivity index (χ4v) is 0.927. The number of hydrogen-bond acceptors (Lipinski definition) is 1. The Morgan fingerprint density at radius 2 is 2.20 bits per heavy atom. The van der Waals surface area contributed by atoms with Crippen LogP contribution in [0.5, 0.6) is 0 Å². The number of rotatable bonds is 4. The lowest BCUT2D eigenvalue weighted by Gasteiger charge is -2.22. The van der Waals surface area contributed by atoms with Crippen molar-refractivity contribution in [1.29, 1.82) is 0 Å². The highest BCUT2D eigenvalue weighted by atomic mass is 35.5. The molecule has 0 aromatic heterocycles. The zero-order chi connectivity index (χ0) is 8.15. The second-order valence-corrected chi connectivity index (χ2v) is 3.22. The molecule has 0 saturated carbocycles. The minimum Gasteiger partial charge on any atom is -0.299 e. The molecule has 60 valence electrons. The molecule has 0 rings (SSSR count). The van der Waals surface area contributed by atoms with Crippen LogP contribution < -0.4 is 0 Å². The van der Waals surface area contributed by atoms with Gasteiger partial charge in [-0.1, -0.05) is 25.1 Å². The third kappa shape index (κ3) is 3.91. The number of hydrogen-bond donors (Lipinski definition) is 0. The number of halogens is 1. The Labute approximate surface area is 68.7 Å². The second-order valence-electron chi connectivity index (χ2n) is 2.69. The third-order valence-electron chi connectivity index (χ3n) is 1.76. The van der Waals surface area contributed by atoms with Crippen molar-refractivity contribution < 1.29 is 0 Å². The lowest BCUT2D eigenvalue weighted by molar-refractivity contribution is 0.276. The molecule has 1 nitrogen and oxygen atoms in total. The van der Waals surface area contributed by atoms with E-state index in [2.05, 4.69) is 32.4 Å². The molecule has 0 amide bonds. The van der Waals surface area contributed by atoms with E-state index in [-0.39, 0.29) is 0 Å². The summed E-state index contributed by atoms with van der Waals surface area (Å²) in [5, 5.41) is 0.711. The first-order valence-electron chi connectivity index (χ1n) is 3.61. The van der Waals surface area contributed by atoms with Crippen LogP contribution in [-0.2, 0) is 0 Å². The third-order valence-corrected chi connectivity index (χ3v) is 1.88. The first-order valence-corrected chi connectivity index (χ1v) is 3.99. The van der Waals surface area contributed by atoms with Crippen LogP contribution in [0.2, 0.25) is 0 Å². The van der Waals surface area contributed by atoms with Crippen molar-refractivity contribution in [1.82, 2.24) is 4.90 Å². The highest BCUT2D eigenvalue weighted by molar-refractivity contribution is 6.29. The highest BCUT2D eigenvalue weighted by Crippen LogP contribution is 2.05. The van der Waals surface area contributed by atoms with Crippen LogP contribution in [0.4, 0.5) is 0 Å². The highest BCUT2D eigenvalue weighted by Gasteiger charge is 2.05. The van der Waals surface area contributed by atoms with E-state index in [1.807, 2.05) is 0 Å². The van der Waals surface area contributed by atoms with E-state index in [1.54, 1.807) is 0 Å². The molecule has 0 bridgehead atoms. The molecule has 0 aromatic carbocycles. The molecule has 1 unspecified atom stereocenters. The largest absolute Gasteiger partial charge is 0.299 e. The Morgan fingerprint density at radius 1 is 1.70 bits per heavy atom. The maximum Gasteiger partial charge on any atom is 0.0335 e. The first kappa shape index (κ1) is 9.99. The van der Waals surface area contributed by atoms with Gasteiger partial charge in [-0.25, -0.2) is 0 Å². The van der Waals surface area contributed by atoms with Crippen molar-refractivity contribution in [2.45, 2.75) is 26.3 Å². The summed E-state index contributed by atoms with van der Waals surface area (Å²) in [6, 6.07) is 0.593. The van der Waals surface area contributed by atoms with E-state index in [1.165, 1.54) is 0 Å². The minimum absolute atomic E-state index is 0.593. The molecule has 0 N–H and O–H groups in total. The first-order chi connectivity index (χ1) is 4.57. The summed E-state index contributed by atoms with van der Waals surface area (Å²) in [5.74, 6) is 0. The van der Waals surface area contributed by atoms with E-state index in [9.17, 15) is 0 Å². The lowest BCUT2D eigenvalue weighted by Crippen LogP contribution is -2.29. The molecule has 0 fully saturated rings. The number of likely N-dealkylation sites (N-methyl/N-ethyl adjacent to an activating group) is 1. The van der Waals surface area contributed by atoms with Crippen molar-refractivity contribution in [2.75, 3.05) is 13.6 Å². The van der Waals surface area contributed by atoms with Crippen molar-refractivity contribution >= 4 is 11.6 Å². The van der Waals surface area contributed by atoms with Crippen LogP contribution in [0.3, 0.4) is 0 Å². The second kappa shape index (κ2) is 4.75. The summed E-state index contributed by atoms with van der Waals surface area (Å²) in [4.78, 5) is 2.19. The summed E-state index contributed by atoms with van der Waals surface area (Å²) in [6.07, 6.45) is 1.15. The van der Waals surface area contributed by atoms with E-state index in [0.29, 0.717) is 11.1 Å². The Balaban J connectivity index is 3.61. The maximum atomic E-state index is 5.64. The molecule has 0 aromatic rings. The molecule has 2 heteroatoms. The smallest absolute Gasteiger partial charge is 0.0335 e. The van der Waals surface area contributed by atoms with Gasteiger partial charge in [0.05, 0.1) is 0 Å². The van der Waals surface area contributed by atoms with Crippen LogP contribution in [-0.4, -0.2) is 24.5 Å². The molecular weight excluding hydrogens is 146 g/mol. The topological polar surface area (TPSA) is 3.24 Å². The van der Waals surface area contributed by atoms with Gasteiger partial charge in [0.15, 0.2) is 0 Å². The average molecular weight is 162 g/mol. The summed E-state index contributed by atoms with van der Waals surface area (Å²) in [7, 11) is 2.06.